The van der Waals surface area contributed by atoms with Crippen molar-refractivity contribution in [2.24, 2.45) is 5.92 Å². The number of hydrogen-bond acceptors (Lipinski definition) is 6. The molecule has 0 aliphatic rings. The van der Waals surface area contributed by atoms with Crippen molar-refractivity contribution in [2.75, 3.05) is 19.5 Å². The van der Waals surface area contributed by atoms with Gasteiger partial charge in [-0.25, -0.2) is 0 Å². The molecule has 3 atom stereocenters. The molecule has 0 amide bonds. The summed E-state index contributed by atoms with van der Waals surface area (Å²) in [4.78, 5) is 12.1. The van der Waals surface area contributed by atoms with E-state index in [4.69, 9.17) is 8.92 Å². The van der Waals surface area contributed by atoms with E-state index >= 15 is 0 Å². The van der Waals surface area contributed by atoms with E-state index in [1.807, 2.05) is 0 Å². The third-order valence-corrected chi connectivity index (χ3v) is 5.39. The smallest absolute Gasteiger partial charge is 0.321 e. The predicted molar refractivity (Wildman–Crippen MR) is 74.5 cm³/mol. The van der Waals surface area contributed by atoms with Gasteiger partial charge in [-0.3, -0.25) is 8.98 Å². The lowest BCUT2D eigenvalue weighted by Gasteiger charge is -2.35. The van der Waals surface area contributed by atoms with Crippen molar-refractivity contribution in [1.29, 1.82) is 0 Å². The van der Waals surface area contributed by atoms with Crippen LogP contribution in [0.15, 0.2) is 0 Å². The van der Waals surface area contributed by atoms with Crippen molar-refractivity contribution in [1.82, 2.24) is 0 Å². The third-order valence-electron chi connectivity index (χ3n) is 2.88. The molecule has 0 aliphatic heterocycles. The van der Waals surface area contributed by atoms with E-state index in [9.17, 15) is 17.8 Å². The second-order valence-electron chi connectivity index (χ2n) is 4.94. The summed E-state index contributed by atoms with van der Waals surface area (Å²) in [5.41, 5.74) is 0. The molecular weight excluding hydrogens is 291 g/mol. The molecule has 0 heterocycles. The Labute approximate surface area is 115 Å². The van der Waals surface area contributed by atoms with Crippen molar-refractivity contribution in [2.45, 2.75) is 39.0 Å². The fourth-order valence-electron chi connectivity index (χ4n) is 1.80. The van der Waals surface area contributed by atoms with Crippen molar-refractivity contribution in [3.63, 3.8) is 0 Å². The number of carbonyl (C=O) groups is 1. The largest absolute Gasteiger partial charge is 0.465 e. The maximum absolute atomic E-state index is 12.1. The summed E-state index contributed by atoms with van der Waals surface area (Å²) in [6.45, 7) is 8.02. The number of carbonyl (C=O) groups excluding carboxylic acids is 1. The standard InChI is InChI=1S/C11H23O6PS/c1-7-16-10(12)11(4,18(5)13)9(8(2)3)17-19(6,14)15/h8-9,18H,7H2,1-6H3. The Bertz CT molecular complexity index is 444. The first-order chi connectivity index (χ1) is 8.46. The summed E-state index contributed by atoms with van der Waals surface area (Å²) in [6.07, 6.45) is -0.112. The zero-order valence-corrected chi connectivity index (χ0v) is 14.0. The first-order valence-electron chi connectivity index (χ1n) is 6.03. The zero-order valence-electron chi connectivity index (χ0n) is 12.2. The van der Waals surface area contributed by atoms with Crippen LogP contribution in [0, 0.1) is 5.92 Å². The van der Waals surface area contributed by atoms with Crippen LogP contribution in [-0.2, 0) is 28.4 Å². The van der Waals surface area contributed by atoms with Gasteiger partial charge in [-0.2, -0.15) is 8.42 Å². The van der Waals surface area contributed by atoms with E-state index in [0.29, 0.717) is 0 Å². The maximum atomic E-state index is 12.1. The molecule has 0 bridgehead atoms. The molecule has 0 saturated heterocycles. The fraction of sp³-hybridized carbons (Fsp3) is 0.909. The second kappa shape index (κ2) is 6.86. The monoisotopic (exact) mass is 314 g/mol. The van der Waals surface area contributed by atoms with Crippen LogP contribution in [0.2, 0.25) is 0 Å². The molecule has 8 heteroatoms. The summed E-state index contributed by atoms with van der Waals surface area (Å²) >= 11 is 0. The van der Waals surface area contributed by atoms with Crippen molar-refractivity contribution < 1.29 is 26.7 Å². The highest BCUT2D eigenvalue weighted by molar-refractivity contribution is 7.86. The highest BCUT2D eigenvalue weighted by atomic mass is 32.2. The van der Waals surface area contributed by atoms with Crippen LogP contribution in [0.3, 0.4) is 0 Å². The third kappa shape index (κ3) is 4.89. The zero-order chi connectivity index (χ0) is 15.4. The normalized spacial score (nSPS) is 18.7. The molecule has 0 saturated carbocycles. The quantitative estimate of drug-likeness (QED) is 0.402. The highest BCUT2D eigenvalue weighted by Gasteiger charge is 2.49. The number of esters is 1. The average Bonchev–Trinajstić information content (AvgIpc) is 2.23. The topological polar surface area (TPSA) is 86.7 Å². The van der Waals surface area contributed by atoms with Crippen LogP contribution < -0.4 is 0 Å². The molecule has 0 aliphatic carbocycles. The van der Waals surface area contributed by atoms with E-state index in [2.05, 4.69) is 0 Å². The Morgan fingerprint density at radius 3 is 2.11 bits per heavy atom. The van der Waals surface area contributed by atoms with Crippen LogP contribution in [0.1, 0.15) is 27.7 Å². The summed E-state index contributed by atoms with van der Waals surface area (Å²) in [7, 11) is -6.19. The van der Waals surface area contributed by atoms with Gasteiger partial charge in [0, 0.05) is 0 Å². The van der Waals surface area contributed by atoms with Gasteiger partial charge in [-0.05, 0) is 26.4 Å². The SMILES string of the molecule is CCOC(=O)C(C)(C(OS(C)(=O)=O)C(C)C)[PH](C)=O. The number of ether oxygens (including phenoxy) is 1. The van der Waals surface area contributed by atoms with Crippen LogP contribution in [0.25, 0.3) is 0 Å². The van der Waals surface area contributed by atoms with Gasteiger partial charge in [-0.15, -0.1) is 0 Å². The van der Waals surface area contributed by atoms with Gasteiger partial charge in [0.15, 0.2) is 0 Å². The van der Waals surface area contributed by atoms with Crippen molar-refractivity contribution >= 4 is 23.9 Å². The minimum Gasteiger partial charge on any atom is -0.465 e. The molecule has 19 heavy (non-hydrogen) atoms. The van der Waals surface area contributed by atoms with E-state index < -0.39 is 35.1 Å². The van der Waals surface area contributed by atoms with Crippen LogP contribution in [-0.4, -0.2) is 45.2 Å². The molecule has 0 fully saturated rings. The van der Waals surface area contributed by atoms with Gasteiger partial charge in [0.05, 0.1) is 20.7 Å². The molecule has 0 rings (SSSR count). The maximum Gasteiger partial charge on any atom is 0.321 e. The van der Waals surface area contributed by atoms with Gasteiger partial charge >= 0.3 is 5.97 Å². The number of hydrogen-bond donors (Lipinski definition) is 0. The van der Waals surface area contributed by atoms with E-state index in [-0.39, 0.29) is 12.5 Å². The van der Waals surface area contributed by atoms with Crippen molar-refractivity contribution in [3.05, 3.63) is 0 Å². The molecule has 0 spiro atoms. The lowest BCUT2D eigenvalue weighted by molar-refractivity contribution is -0.149. The lowest BCUT2D eigenvalue weighted by atomic mass is 9.94. The molecule has 0 N–H and O–H groups in total. The Morgan fingerprint density at radius 1 is 1.37 bits per heavy atom. The Balaban J connectivity index is 5.66. The van der Waals surface area contributed by atoms with Gasteiger partial charge in [0.25, 0.3) is 10.1 Å². The Hall–Kier alpha value is -0.390. The van der Waals surface area contributed by atoms with Crippen molar-refractivity contribution in [3.8, 4) is 0 Å². The van der Waals surface area contributed by atoms with Crippen LogP contribution >= 0.6 is 7.80 Å². The summed E-state index contributed by atoms with van der Waals surface area (Å²) < 4.78 is 44.6. The molecule has 3 unspecified atom stereocenters. The molecule has 6 nitrogen and oxygen atoms in total. The Morgan fingerprint density at radius 2 is 1.84 bits per heavy atom. The summed E-state index contributed by atoms with van der Waals surface area (Å²) in [5.74, 6) is -0.998. The number of rotatable bonds is 7. The minimum absolute atomic E-state index is 0.132. The van der Waals surface area contributed by atoms with Gasteiger partial charge < -0.3 is 9.30 Å². The molecule has 0 aromatic rings. The van der Waals surface area contributed by atoms with Gasteiger partial charge in [0.1, 0.15) is 11.3 Å². The Kier molecular flexibility index (Phi) is 6.72. The highest BCUT2D eigenvalue weighted by Crippen LogP contribution is 2.43. The van der Waals surface area contributed by atoms with Crippen LogP contribution in [0.4, 0.5) is 0 Å². The molecule has 0 radical (unpaired) electrons. The molecule has 114 valence electrons. The first-order valence-corrected chi connectivity index (χ1v) is 9.75. The lowest BCUT2D eigenvalue weighted by Crippen LogP contribution is -2.49. The molecule has 0 aromatic carbocycles. The van der Waals surface area contributed by atoms with Gasteiger partial charge in [0.2, 0.25) is 0 Å². The first kappa shape index (κ1) is 18.6. The van der Waals surface area contributed by atoms with E-state index in [1.165, 1.54) is 13.6 Å². The summed E-state index contributed by atoms with van der Waals surface area (Å²) in [6, 6.07) is 0. The fourth-order valence-corrected chi connectivity index (χ4v) is 3.83. The second-order valence-corrected chi connectivity index (χ2v) is 8.70. The van der Waals surface area contributed by atoms with Gasteiger partial charge in [-0.1, -0.05) is 13.8 Å². The van der Waals surface area contributed by atoms with E-state index in [0.717, 1.165) is 6.26 Å². The molecule has 0 aromatic heterocycles. The predicted octanol–water partition coefficient (Wildman–Crippen LogP) is 1.50. The van der Waals surface area contributed by atoms with E-state index in [1.54, 1.807) is 20.8 Å². The minimum atomic E-state index is -3.76. The average molecular weight is 314 g/mol. The summed E-state index contributed by atoms with van der Waals surface area (Å²) in [5, 5.41) is -1.46. The van der Waals surface area contributed by atoms with Crippen LogP contribution in [0.5, 0.6) is 0 Å². The molecular formula is C11H23O6PS.